The quantitative estimate of drug-likeness (QED) is 0.548. The van der Waals surface area contributed by atoms with Crippen LogP contribution in [0.1, 0.15) is 18.1 Å². The first kappa shape index (κ1) is 17.9. The molecule has 0 spiro atoms. The first-order chi connectivity index (χ1) is 11.8. The van der Waals surface area contributed by atoms with Gasteiger partial charge in [0.25, 0.3) is 5.69 Å². The minimum absolute atomic E-state index is 0.0175. The number of nitro benzene ring substituents is 1. The highest BCUT2D eigenvalue weighted by Crippen LogP contribution is 2.22. The number of benzene rings is 2. The highest BCUT2D eigenvalue weighted by atomic mass is 16.6. The van der Waals surface area contributed by atoms with Crippen LogP contribution in [0.3, 0.4) is 0 Å². The molecule has 0 heterocycles. The van der Waals surface area contributed by atoms with Crippen LogP contribution in [0.15, 0.2) is 42.5 Å². The summed E-state index contributed by atoms with van der Waals surface area (Å²) in [6.07, 6.45) is 0.107. The van der Waals surface area contributed by atoms with Crippen molar-refractivity contribution in [2.45, 2.75) is 19.9 Å². The van der Waals surface area contributed by atoms with Gasteiger partial charge in [0, 0.05) is 36.9 Å². The van der Waals surface area contributed by atoms with Crippen LogP contribution in [-0.2, 0) is 22.6 Å². The summed E-state index contributed by atoms with van der Waals surface area (Å²) >= 11 is 0. The average molecular weight is 343 g/mol. The Bertz CT molecular complexity index is 802. The van der Waals surface area contributed by atoms with Crippen LogP contribution in [0.25, 0.3) is 0 Å². The second-order valence-corrected chi connectivity index (χ2v) is 5.40. The summed E-state index contributed by atoms with van der Waals surface area (Å²) in [5.74, 6) is -0.592. The van der Waals surface area contributed by atoms with Crippen molar-refractivity contribution in [1.29, 1.82) is 0 Å². The first-order valence-electron chi connectivity index (χ1n) is 7.44. The van der Waals surface area contributed by atoms with Gasteiger partial charge in [0.05, 0.1) is 11.3 Å². The fraction of sp³-hybridized carbons (Fsp3) is 0.176. The van der Waals surface area contributed by atoms with Gasteiger partial charge in [-0.1, -0.05) is 12.1 Å². The summed E-state index contributed by atoms with van der Waals surface area (Å²) in [6, 6.07) is 10.5. The fourth-order valence-electron chi connectivity index (χ4n) is 2.18. The molecule has 2 rings (SSSR count). The number of nitrogens with zero attached hydrogens (tertiary/aromatic N) is 1. The van der Waals surface area contributed by atoms with Gasteiger partial charge in [-0.15, -0.1) is 0 Å². The topological polar surface area (TPSA) is 122 Å². The SMILES string of the molecule is CC(=O)Nc1ccc(CC(=O)NCc2cc([N+](=O)[O-])ccc2O)cc1. The standard InChI is InChI=1S/C17H17N3O5/c1-11(21)19-14-4-2-12(3-5-14)8-17(23)18-10-13-9-15(20(24)25)6-7-16(13)22/h2-7,9,22H,8,10H2,1H3,(H,18,23)(H,19,21). The molecule has 130 valence electrons. The Balaban J connectivity index is 1.93. The maximum absolute atomic E-state index is 12.0. The molecular weight excluding hydrogens is 326 g/mol. The van der Waals surface area contributed by atoms with E-state index in [4.69, 9.17) is 0 Å². The summed E-state index contributed by atoms with van der Waals surface area (Å²) in [4.78, 5) is 33.1. The van der Waals surface area contributed by atoms with Crippen molar-refractivity contribution in [3.05, 3.63) is 63.7 Å². The Morgan fingerprint density at radius 3 is 2.44 bits per heavy atom. The molecule has 0 aliphatic rings. The molecule has 8 nitrogen and oxygen atoms in total. The van der Waals surface area contributed by atoms with Gasteiger partial charge in [-0.3, -0.25) is 19.7 Å². The van der Waals surface area contributed by atoms with Gasteiger partial charge in [-0.25, -0.2) is 0 Å². The Morgan fingerprint density at radius 1 is 1.16 bits per heavy atom. The van der Waals surface area contributed by atoms with Crippen molar-refractivity contribution in [2.24, 2.45) is 0 Å². The van der Waals surface area contributed by atoms with E-state index in [1.165, 1.54) is 25.1 Å². The average Bonchev–Trinajstić information content (AvgIpc) is 2.55. The summed E-state index contributed by atoms with van der Waals surface area (Å²) in [5, 5.41) is 25.7. The number of non-ortho nitro benzene ring substituents is 1. The Labute approximate surface area is 143 Å². The number of carbonyl (C=O) groups is 2. The highest BCUT2D eigenvalue weighted by Gasteiger charge is 2.11. The number of rotatable bonds is 6. The number of carbonyl (C=O) groups excluding carboxylic acids is 2. The number of phenolic OH excluding ortho intramolecular Hbond substituents is 1. The molecule has 0 aromatic heterocycles. The van der Waals surface area contributed by atoms with Gasteiger partial charge < -0.3 is 15.7 Å². The lowest BCUT2D eigenvalue weighted by molar-refractivity contribution is -0.384. The van der Waals surface area contributed by atoms with Crippen molar-refractivity contribution in [3.63, 3.8) is 0 Å². The van der Waals surface area contributed by atoms with Crippen LogP contribution in [0.5, 0.6) is 5.75 Å². The molecule has 0 radical (unpaired) electrons. The van der Waals surface area contributed by atoms with Gasteiger partial charge in [0.15, 0.2) is 0 Å². The van der Waals surface area contributed by atoms with Crippen molar-refractivity contribution in [2.75, 3.05) is 5.32 Å². The van der Waals surface area contributed by atoms with E-state index in [-0.39, 0.29) is 41.8 Å². The van der Waals surface area contributed by atoms with E-state index in [0.717, 1.165) is 5.56 Å². The first-order valence-corrected chi connectivity index (χ1v) is 7.44. The summed E-state index contributed by atoms with van der Waals surface area (Å²) in [5.41, 5.74) is 1.49. The van der Waals surface area contributed by atoms with Crippen LogP contribution in [0.4, 0.5) is 11.4 Å². The third-order valence-electron chi connectivity index (χ3n) is 3.39. The lowest BCUT2D eigenvalue weighted by Gasteiger charge is -2.08. The monoisotopic (exact) mass is 343 g/mol. The van der Waals surface area contributed by atoms with Crippen LogP contribution < -0.4 is 10.6 Å². The van der Waals surface area contributed by atoms with Crippen LogP contribution in [0.2, 0.25) is 0 Å². The van der Waals surface area contributed by atoms with E-state index in [2.05, 4.69) is 10.6 Å². The molecule has 0 aliphatic carbocycles. The zero-order valence-electron chi connectivity index (χ0n) is 13.5. The Hall–Kier alpha value is -3.42. The Kier molecular flexibility index (Phi) is 5.67. The zero-order valence-corrected chi connectivity index (χ0v) is 13.5. The van der Waals surface area contributed by atoms with E-state index in [9.17, 15) is 24.8 Å². The van der Waals surface area contributed by atoms with Crippen LogP contribution >= 0.6 is 0 Å². The number of anilines is 1. The van der Waals surface area contributed by atoms with Crippen molar-refractivity contribution in [3.8, 4) is 5.75 Å². The number of hydrogen-bond acceptors (Lipinski definition) is 5. The maximum atomic E-state index is 12.0. The normalized spacial score (nSPS) is 10.1. The largest absolute Gasteiger partial charge is 0.508 e. The molecular formula is C17H17N3O5. The third-order valence-corrected chi connectivity index (χ3v) is 3.39. The summed E-state index contributed by atoms with van der Waals surface area (Å²) in [7, 11) is 0. The molecule has 0 saturated carbocycles. The molecule has 0 unspecified atom stereocenters. The van der Waals surface area contributed by atoms with Gasteiger partial charge in [-0.2, -0.15) is 0 Å². The van der Waals surface area contributed by atoms with Gasteiger partial charge >= 0.3 is 0 Å². The second kappa shape index (κ2) is 7.91. The fourth-order valence-corrected chi connectivity index (χ4v) is 2.18. The van der Waals surface area contributed by atoms with Crippen molar-refractivity contribution in [1.82, 2.24) is 5.32 Å². The molecule has 2 aromatic rings. The molecule has 25 heavy (non-hydrogen) atoms. The molecule has 2 amide bonds. The van der Waals surface area contributed by atoms with E-state index >= 15 is 0 Å². The van der Waals surface area contributed by atoms with E-state index < -0.39 is 4.92 Å². The Morgan fingerprint density at radius 2 is 1.84 bits per heavy atom. The number of amides is 2. The van der Waals surface area contributed by atoms with Gasteiger partial charge in [0.1, 0.15) is 5.75 Å². The molecule has 2 aromatic carbocycles. The smallest absolute Gasteiger partial charge is 0.270 e. The molecule has 0 saturated heterocycles. The van der Waals surface area contributed by atoms with Crippen molar-refractivity contribution < 1.29 is 19.6 Å². The number of nitro groups is 1. The molecule has 0 fully saturated rings. The summed E-state index contributed by atoms with van der Waals surface area (Å²) in [6.45, 7) is 1.39. The van der Waals surface area contributed by atoms with Gasteiger partial charge in [0.2, 0.25) is 11.8 Å². The van der Waals surface area contributed by atoms with E-state index in [1.807, 2.05) is 0 Å². The minimum atomic E-state index is -0.568. The number of hydrogen-bond donors (Lipinski definition) is 3. The lowest BCUT2D eigenvalue weighted by atomic mass is 10.1. The van der Waals surface area contributed by atoms with E-state index in [0.29, 0.717) is 5.69 Å². The lowest BCUT2D eigenvalue weighted by Crippen LogP contribution is -2.24. The molecule has 0 bridgehead atoms. The summed E-state index contributed by atoms with van der Waals surface area (Å²) < 4.78 is 0. The number of aromatic hydroxyl groups is 1. The predicted molar refractivity (Wildman–Crippen MR) is 91.1 cm³/mol. The second-order valence-electron chi connectivity index (χ2n) is 5.40. The van der Waals surface area contributed by atoms with Crippen molar-refractivity contribution >= 4 is 23.2 Å². The predicted octanol–water partition coefficient (Wildman–Crippen LogP) is 2.12. The molecule has 3 N–H and O–H groups in total. The minimum Gasteiger partial charge on any atom is -0.508 e. The van der Waals surface area contributed by atoms with Gasteiger partial charge in [-0.05, 0) is 23.8 Å². The number of phenols is 1. The van der Waals surface area contributed by atoms with Crippen LogP contribution in [0, 0.1) is 10.1 Å². The molecule has 0 aliphatic heterocycles. The number of nitrogens with one attached hydrogen (secondary N) is 2. The zero-order chi connectivity index (χ0) is 18.4. The maximum Gasteiger partial charge on any atom is 0.270 e. The molecule has 8 heteroatoms. The molecule has 0 atom stereocenters. The highest BCUT2D eigenvalue weighted by molar-refractivity contribution is 5.88. The van der Waals surface area contributed by atoms with E-state index in [1.54, 1.807) is 24.3 Å². The third kappa shape index (κ3) is 5.31. The van der Waals surface area contributed by atoms with Crippen LogP contribution in [-0.4, -0.2) is 21.8 Å².